The van der Waals surface area contributed by atoms with Crippen molar-refractivity contribution in [1.29, 1.82) is 0 Å². The van der Waals surface area contributed by atoms with Gasteiger partial charge in [0.15, 0.2) is 0 Å². The molecule has 0 spiro atoms. The average Bonchev–Trinajstić information content (AvgIpc) is 3.41. The van der Waals surface area contributed by atoms with Crippen LogP contribution >= 0.6 is 23.4 Å². The van der Waals surface area contributed by atoms with Gasteiger partial charge >= 0.3 is 0 Å². The average molecular weight is 412 g/mol. The highest BCUT2D eigenvalue weighted by Gasteiger charge is 2.44. The first-order valence-electron chi connectivity index (χ1n) is 9.20. The molecule has 2 atom stereocenters. The van der Waals surface area contributed by atoms with Gasteiger partial charge in [-0.1, -0.05) is 47.6 Å². The van der Waals surface area contributed by atoms with Crippen LogP contribution in [0.3, 0.4) is 0 Å². The highest BCUT2D eigenvalue weighted by Crippen LogP contribution is 2.48. The summed E-state index contributed by atoms with van der Waals surface area (Å²) < 4.78 is 2.04. The standard InChI is InChI=1S/C22H22ClN3OS/c1-25(2)21(27)19-12-18(19)14-4-6-15(7-5-14)20-22(26(3)13-24-20)28-17-10-8-16(23)9-11-17/h4-11,13,18-19H,12H2,1-3H3/t18-,19+/m1/s1. The number of aromatic nitrogens is 2. The van der Waals surface area contributed by atoms with Crippen LogP contribution in [0.15, 0.2) is 64.8 Å². The van der Waals surface area contributed by atoms with E-state index in [1.54, 1.807) is 16.7 Å². The number of hydrogen-bond acceptors (Lipinski definition) is 3. The van der Waals surface area contributed by atoms with Gasteiger partial charge in [0.05, 0.1) is 6.33 Å². The van der Waals surface area contributed by atoms with Gasteiger partial charge in [0.25, 0.3) is 0 Å². The molecule has 1 aliphatic carbocycles. The molecule has 1 aromatic heterocycles. The van der Waals surface area contributed by atoms with Crippen LogP contribution in [0.25, 0.3) is 11.3 Å². The van der Waals surface area contributed by atoms with Crippen molar-refractivity contribution < 1.29 is 4.79 Å². The molecular weight excluding hydrogens is 390 g/mol. The number of benzene rings is 2. The Bertz CT molecular complexity index is 996. The van der Waals surface area contributed by atoms with Gasteiger partial charge < -0.3 is 9.47 Å². The van der Waals surface area contributed by atoms with Gasteiger partial charge in [0, 0.05) is 42.5 Å². The Morgan fingerprint density at radius 2 is 1.82 bits per heavy atom. The van der Waals surface area contributed by atoms with Crippen molar-refractivity contribution in [2.45, 2.75) is 22.3 Å². The first-order chi connectivity index (χ1) is 13.4. The molecule has 0 saturated heterocycles. The number of halogens is 1. The Balaban J connectivity index is 1.54. The van der Waals surface area contributed by atoms with Gasteiger partial charge in [-0.05, 0) is 42.2 Å². The summed E-state index contributed by atoms with van der Waals surface area (Å²) in [6, 6.07) is 16.3. The fourth-order valence-electron chi connectivity index (χ4n) is 3.41. The van der Waals surface area contributed by atoms with Crippen molar-refractivity contribution in [3.63, 3.8) is 0 Å². The van der Waals surface area contributed by atoms with E-state index in [0.717, 1.165) is 32.6 Å². The number of aryl methyl sites for hydroxylation is 1. The monoisotopic (exact) mass is 411 g/mol. The Hall–Kier alpha value is -2.24. The van der Waals surface area contributed by atoms with Gasteiger partial charge in [-0.2, -0.15) is 0 Å². The molecule has 6 heteroatoms. The van der Waals surface area contributed by atoms with E-state index in [2.05, 4.69) is 29.2 Å². The van der Waals surface area contributed by atoms with Crippen LogP contribution < -0.4 is 0 Å². The lowest BCUT2D eigenvalue weighted by molar-refractivity contribution is -0.130. The summed E-state index contributed by atoms with van der Waals surface area (Å²) >= 11 is 7.67. The molecule has 3 aromatic rings. The lowest BCUT2D eigenvalue weighted by Crippen LogP contribution is -2.23. The topological polar surface area (TPSA) is 38.1 Å². The Labute approximate surface area is 174 Å². The summed E-state index contributed by atoms with van der Waals surface area (Å²) in [5, 5.41) is 1.82. The molecule has 28 heavy (non-hydrogen) atoms. The van der Waals surface area contributed by atoms with Crippen LogP contribution in [0.4, 0.5) is 0 Å². The Morgan fingerprint density at radius 1 is 1.14 bits per heavy atom. The maximum Gasteiger partial charge on any atom is 0.225 e. The third kappa shape index (κ3) is 3.82. The van der Waals surface area contributed by atoms with Gasteiger partial charge in [-0.25, -0.2) is 4.98 Å². The second-order valence-corrected chi connectivity index (χ2v) is 8.87. The minimum atomic E-state index is 0.131. The minimum absolute atomic E-state index is 0.131. The zero-order valence-corrected chi connectivity index (χ0v) is 17.7. The van der Waals surface area contributed by atoms with Crippen molar-refractivity contribution in [3.8, 4) is 11.3 Å². The van der Waals surface area contributed by atoms with Crippen LogP contribution in [0.1, 0.15) is 17.9 Å². The van der Waals surface area contributed by atoms with Crippen LogP contribution in [0.2, 0.25) is 5.02 Å². The minimum Gasteiger partial charge on any atom is -0.349 e. The SMILES string of the molecule is CN(C)C(=O)[C@H]1C[C@@H]1c1ccc(-c2ncn(C)c2Sc2ccc(Cl)cc2)cc1. The molecule has 1 fully saturated rings. The second-order valence-electron chi connectivity index (χ2n) is 7.37. The van der Waals surface area contributed by atoms with Crippen molar-refractivity contribution in [1.82, 2.24) is 14.5 Å². The predicted molar refractivity (Wildman–Crippen MR) is 114 cm³/mol. The van der Waals surface area contributed by atoms with E-state index in [-0.39, 0.29) is 11.8 Å². The number of hydrogen-bond donors (Lipinski definition) is 0. The zero-order valence-electron chi connectivity index (χ0n) is 16.1. The van der Waals surface area contributed by atoms with E-state index in [0.29, 0.717) is 5.92 Å². The smallest absolute Gasteiger partial charge is 0.225 e. The van der Waals surface area contributed by atoms with Crippen molar-refractivity contribution in [2.24, 2.45) is 13.0 Å². The maximum atomic E-state index is 12.1. The first-order valence-corrected chi connectivity index (χ1v) is 10.4. The van der Waals surface area contributed by atoms with Gasteiger partial charge in [0.2, 0.25) is 5.91 Å². The number of rotatable bonds is 5. The van der Waals surface area contributed by atoms with E-state index in [9.17, 15) is 4.79 Å². The second kappa shape index (κ2) is 7.64. The van der Waals surface area contributed by atoms with Crippen molar-refractivity contribution >= 4 is 29.3 Å². The molecule has 1 aliphatic rings. The molecule has 0 aliphatic heterocycles. The molecule has 144 valence electrons. The maximum absolute atomic E-state index is 12.1. The third-order valence-corrected chi connectivity index (χ3v) is 6.51. The van der Waals surface area contributed by atoms with Crippen molar-refractivity contribution in [2.75, 3.05) is 14.1 Å². The van der Waals surface area contributed by atoms with Gasteiger partial charge in [-0.3, -0.25) is 4.79 Å². The first kappa shape index (κ1) is 19.1. The summed E-state index contributed by atoms with van der Waals surface area (Å²) in [5.41, 5.74) is 3.27. The zero-order chi connectivity index (χ0) is 19.8. The van der Waals surface area contributed by atoms with Gasteiger partial charge in [0.1, 0.15) is 10.7 Å². The van der Waals surface area contributed by atoms with Crippen LogP contribution in [-0.2, 0) is 11.8 Å². The van der Waals surface area contributed by atoms with Crippen LogP contribution in [0, 0.1) is 5.92 Å². The molecular formula is C22H22ClN3OS. The molecule has 1 amide bonds. The summed E-state index contributed by atoms with van der Waals surface area (Å²) in [6.45, 7) is 0. The van der Waals surface area contributed by atoms with E-state index in [4.69, 9.17) is 11.6 Å². The van der Waals surface area contributed by atoms with E-state index < -0.39 is 0 Å². The van der Waals surface area contributed by atoms with E-state index in [1.165, 1.54) is 5.56 Å². The van der Waals surface area contributed by atoms with Gasteiger partial charge in [-0.15, -0.1) is 0 Å². The summed E-state index contributed by atoms with van der Waals surface area (Å²) in [4.78, 5) is 19.5. The summed E-state index contributed by atoms with van der Waals surface area (Å²) in [7, 11) is 5.65. The van der Waals surface area contributed by atoms with Crippen molar-refractivity contribution in [3.05, 3.63) is 65.4 Å². The largest absolute Gasteiger partial charge is 0.349 e. The molecule has 0 unspecified atom stereocenters. The molecule has 4 rings (SSSR count). The van der Waals surface area contributed by atoms with Crippen LogP contribution in [0.5, 0.6) is 0 Å². The number of carbonyl (C=O) groups excluding carboxylic acids is 1. The summed E-state index contributed by atoms with van der Waals surface area (Å²) in [6.07, 6.45) is 2.78. The van der Waals surface area contributed by atoms with E-state index >= 15 is 0 Å². The molecule has 0 bridgehead atoms. The lowest BCUT2D eigenvalue weighted by atomic mass is 10.0. The number of carbonyl (C=O) groups is 1. The normalized spacial score (nSPS) is 18.1. The molecule has 0 N–H and O–H groups in total. The molecule has 1 heterocycles. The molecule has 1 saturated carbocycles. The summed E-state index contributed by atoms with van der Waals surface area (Å²) in [5.74, 6) is 0.697. The molecule has 0 radical (unpaired) electrons. The number of nitrogens with zero attached hydrogens (tertiary/aromatic N) is 3. The van der Waals surface area contributed by atoms with E-state index in [1.807, 2.05) is 56.3 Å². The third-order valence-electron chi connectivity index (χ3n) is 5.07. The Kier molecular flexibility index (Phi) is 5.21. The lowest BCUT2D eigenvalue weighted by Gasteiger charge is -2.10. The number of amides is 1. The predicted octanol–water partition coefficient (Wildman–Crippen LogP) is 5.08. The highest BCUT2D eigenvalue weighted by molar-refractivity contribution is 7.99. The fourth-order valence-corrected chi connectivity index (χ4v) is 4.49. The number of imidazole rings is 1. The fraction of sp³-hybridized carbons (Fsp3) is 0.273. The van der Waals surface area contributed by atoms with Crippen LogP contribution in [-0.4, -0.2) is 34.5 Å². The Morgan fingerprint density at radius 3 is 2.46 bits per heavy atom. The molecule has 4 nitrogen and oxygen atoms in total. The molecule has 2 aromatic carbocycles. The quantitative estimate of drug-likeness (QED) is 0.587. The highest BCUT2D eigenvalue weighted by atomic mass is 35.5.